The van der Waals surface area contributed by atoms with Gasteiger partial charge in [-0.1, -0.05) is 61.4 Å². The van der Waals surface area contributed by atoms with Gasteiger partial charge in [0.2, 0.25) is 5.91 Å². The van der Waals surface area contributed by atoms with Gasteiger partial charge in [0.15, 0.2) is 0 Å². The lowest BCUT2D eigenvalue weighted by atomic mass is 9.92. The van der Waals surface area contributed by atoms with Crippen molar-refractivity contribution in [3.8, 4) is 11.1 Å². The summed E-state index contributed by atoms with van der Waals surface area (Å²) in [6.45, 7) is 0.227. The van der Waals surface area contributed by atoms with Crippen molar-refractivity contribution in [1.82, 2.24) is 10.6 Å². The molecule has 3 aliphatic rings. The summed E-state index contributed by atoms with van der Waals surface area (Å²) in [6, 6.07) is 16.1. The highest BCUT2D eigenvalue weighted by Crippen LogP contribution is 2.44. The molecule has 0 saturated heterocycles. The van der Waals surface area contributed by atoms with E-state index in [1.165, 1.54) is 11.1 Å². The zero-order valence-electron chi connectivity index (χ0n) is 19.8. The van der Waals surface area contributed by atoms with Crippen LogP contribution < -0.4 is 10.6 Å². The molecule has 2 aromatic carbocycles. The lowest BCUT2D eigenvalue weighted by Gasteiger charge is -2.30. The Balaban J connectivity index is 1.21. The molecule has 0 bridgehead atoms. The summed E-state index contributed by atoms with van der Waals surface area (Å²) in [5.74, 6) is -0.894. The van der Waals surface area contributed by atoms with Gasteiger partial charge in [0.1, 0.15) is 6.61 Å². The predicted octanol–water partition coefficient (Wildman–Crippen LogP) is 4.60. The molecule has 2 amide bonds. The fraction of sp³-hybridized carbons (Fsp3) is 0.464. The van der Waals surface area contributed by atoms with Crippen LogP contribution in [0.2, 0.25) is 0 Å². The Kier molecular flexibility index (Phi) is 6.50. The van der Waals surface area contributed by atoms with Crippen LogP contribution in [0.1, 0.15) is 68.4 Å². The molecule has 1 atom stereocenters. The first-order chi connectivity index (χ1) is 16.9. The second kappa shape index (κ2) is 9.72. The number of hydrogen-bond donors (Lipinski definition) is 3. The van der Waals surface area contributed by atoms with E-state index in [1.54, 1.807) is 0 Å². The van der Waals surface area contributed by atoms with E-state index in [4.69, 9.17) is 4.74 Å². The fourth-order valence-corrected chi connectivity index (χ4v) is 5.84. The Morgan fingerprint density at radius 1 is 0.971 bits per heavy atom. The minimum Gasteiger partial charge on any atom is -0.481 e. The second-order valence-corrected chi connectivity index (χ2v) is 10.2. The molecule has 35 heavy (non-hydrogen) atoms. The summed E-state index contributed by atoms with van der Waals surface area (Å²) in [5.41, 5.74) is 4.01. The first-order valence-corrected chi connectivity index (χ1v) is 12.6. The molecule has 5 rings (SSSR count). The van der Waals surface area contributed by atoms with Crippen molar-refractivity contribution in [3.05, 3.63) is 59.7 Å². The van der Waals surface area contributed by atoms with Crippen LogP contribution in [0.15, 0.2) is 48.5 Å². The van der Waals surface area contributed by atoms with Crippen LogP contribution in [-0.4, -0.2) is 41.3 Å². The van der Waals surface area contributed by atoms with Gasteiger partial charge < -0.3 is 20.5 Å². The van der Waals surface area contributed by atoms with E-state index in [1.807, 2.05) is 24.3 Å². The van der Waals surface area contributed by atoms with Gasteiger partial charge in [0.05, 0.1) is 12.0 Å². The third-order valence-electron chi connectivity index (χ3n) is 7.70. The molecule has 1 unspecified atom stereocenters. The van der Waals surface area contributed by atoms with E-state index in [0.717, 1.165) is 36.8 Å². The van der Waals surface area contributed by atoms with E-state index in [0.29, 0.717) is 12.8 Å². The van der Waals surface area contributed by atoms with Crippen LogP contribution in [-0.2, 0) is 14.3 Å². The highest BCUT2D eigenvalue weighted by atomic mass is 16.5. The van der Waals surface area contributed by atoms with E-state index in [-0.39, 0.29) is 43.2 Å². The molecule has 0 radical (unpaired) electrons. The average Bonchev–Trinajstić information content (AvgIpc) is 3.51. The smallest absolute Gasteiger partial charge is 0.407 e. The van der Waals surface area contributed by atoms with E-state index in [9.17, 15) is 19.5 Å². The molecule has 0 heterocycles. The van der Waals surface area contributed by atoms with Gasteiger partial charge in [-0.15, -0.1) is 0 Å². The van der Waals surface area contributed by atoms with Crippen molar-refractivity contribution in [2.45, 2.75) is 68.9 Å². The molecule has 0 aromatic heterocycles. The average molecular weight is 477 g/mol. The van der Waals surface area contributed by atoms with E-state index < -0.39 is 17.6 Å². The SMILES string of the molecule is O=C(O)CC(NC(=O)CC1(NC(=O)OCC2c3ccccc3-c3ccccc32)CCCC1)C1CC1. The van der Waals surface area contributed by atoms with E-state index >= 15 is 0 Å². The highest BCUT2D eigenvalue weighted by Gasteiger charge is 2.40. The summed E-state index contributed by atoms with van der Waals surface area (Å²) >= 11 is 0. The Labute approximate surface area is 205 Å². The van der Waals surface area contributed by atoms with Crippen molar-refractivity contribution >= 4 is 18.0 Å². The number of carboxylic acids is 1. The third-order valence-corrected chi connectivity index (χ3v) is 7.70. The summed E-state index contributed by atoms with van der Waals surface area (Å²) in [5, 5.41) is 15.1. The third kappa shape index (κ3) is 5.19. The van der Waals surface area contributed by atoms with Gasteiger partial charge >= 0.3 is 12.1 Å². The number of benzene rings is 2. The van der Waals surface area contributed by atoms with Crippen LogP contribution in [0.25, 0.3) is 11.1 Å². The molecule has 7 nitrogen and oxygen atoms in total. The summed E-state index contributed by atoms with van der Waals surface area (Å²) in [6.07, 6.45) is 4.73. The lowest BCUT2D eigenvalue weighted by Crippen LogP contribution is -2.51. The van der Waals surface area contributed by atoms with Gasteiger partial charge in [-0.2, -0.15) is 0 Å². The van der Waals surface area contributed by atoms with Crippen LogP contribution in [0.5, 0.6) is 0 Å². The molecule has 3 aliphatic carbocycles. The summed E-state index contributed by atoms with van der Waals surface area (Å²) in [4.78, 5) is 37.0. The minimum atomic E-state index is -0.908. The lowest BCUT2D eigenvalue weighted by molar-refractivity contribution is -0.137. The first-order valence-electron chi connectivity index (χ1n) is 12.6. The number of aliphatic carboxylic acids is 1. The number of amides is 2. The van der Waals surface area contributed by atoms with Crippen molar-refractivity contribution in [2.24, 2.45) is 5.92 Å². The first kappa shape index (κ1) is 23.4. The van der Waals surface area contributed by atoms with Gasteiger partial charge in [0.25, 0.3) is 0 Å². The Bertz CT molecular complexity index is 1070. The van der Waals surface area contributed by atoms with Crippen molar-refractivity contribution < 1.29 is 24.2 Å². The number of carbonyl (C=O) groups excluding carboxylic acids is 2. The number of fused-ring (bicyclic) bond motifs is 3. The zero-order valence-corrected chi connectivity index (χ0v) is 19.8. The quantitative estimate of drug-likeness (QED) is 0.491. The van der Waals surface area contributed by atoms with Crippen LogP contribution in [0.3, 0.4) is 0 Å². The molecule has 3 N–H and O–H groups in total. The minimum absolute atomic E-state index is 0.0219. The Hall–Kier alpha value is -3.35. The maximum absolute atomic E-state index is 12.9. The maximum atomic E-state index is 12.9. The normalized spacial score (nSPS) is 18.9. The fourth-order valence-electron chi connectivity index (χ4n) is 5.84. The largest absolute Gasteiger partial charge is 0.481 e. The number of ether oxygens (including phenoxy) is 1. The van der Waals surface area contributed by atoms with Crippen molar-refractivity contribution in [2.75, 3.05) is 6.61 Å². The molecular formula is C28H32N2O5. The monoisotopic (exact) mass is 476 g/mol. The predicted molar refractivity (Wildman–Crippen MR) is 131 cm³/mol. The summed E-state index contributed by atoms with van der Waals surface area (Å²) in [7, 11) is 0. The topological polar surface area (TPSA) is 105 Å². The van der Waals surface area contributed by atoms with Crippen LogP contribution in [0, 0.1) is 5.92 Å². The molecule has 0 aliphatic heterocycles. The Morgan fingerprint density at radius 2 is 1.57 bits per heavy atom. The van der Waals surface area contributed by atoms with Crippen LogP contribution in [0.4, 0.5) is 4.79 Å². The summed E-state index contributed by atoms with van der Waals surface area (Å²) < 4.78 is 5.73. The molecule has 184 valence electrons. The Morgan fingerprint density at radius 3 is 2.14 bits per heavy atom. The van der Waals surface area contributed by atoms with Gasteiger partial charge in [0, 0.05) is 18.4 Å². The molecule has 0 spiro atoms. The van der Waals surface area contributed by atoms with Crippen molar-refractivity contribution in [1.29, 1.82) is 0 Å². The van der Waals surface area contributed by atoms with Gasteiger partial charge in [-0.3, -0.25) is 9.59 Å². The number of rotatable bonds is 9. The second-order valence-electron chi connectivity index (χ2n) is 10.2. The standard InChI is InChI=1S/C28H32N2O5/c31-25(29-24(15-26(32)33)18-11-12-18)16-28(13-5-6-14-28)30-27(34)35-17-23-21-9-3-1-7-19(21)20-8-2-4-10-22(20)23/h1-4,7-10,18,23-24H,5-6,11-17H2,(H,29,31)(H,30,34)(H,32,33). The molecule has 2 saturated carbocycles. The van der Waals surface area contributed by atoms with Crippen molar-refractivity contribution in [3.63, 3.8) is 0 Å². The highest BCUT2D eigenvalue weighted by molar-refractivity contribution is 5.81. The zero-order chi connectivity index (χ0) is 24.4. The number of nitrogens with one attached hydrogen (secondary N) is 2. The molecule has 2 aromatic rings. The number of hydrogen-bond acceptors (Lipinski definition) is 4. The van der Waals surface area contributed by atoms with Gasteiger partial charge in [-0.25, -0.2) is 4.79 Å². The number of carbonyl (C=O) groups is 3. The molecule has 2 fully saturated rings. The maximum Gasteiger partial charge on any atom is 0.407 e. The van der Waals surface area contributed by atoms with E-state index in [2.05, 4.69) is 34.9 Å². The van der Waals surface area contributed by atoms with Crippen LogP contribution >= 0.6 is 0 Å². The number of carboxylic acid groups (broad SMARTS) is 1. The van der Waals surface area contributed by atoms with Gasteiger partial charge in [-0.05, 0) is 53.9 Å². The number of alkyl carbamates (subject to hydrolysis) is 1. The molecule has 7 heteroatoms. The molecular weight excluding hydrogens is 444 g/mol.